The van der Waals surface area contributed by atoms with Crippen LogP contribution in [0.25, 0.3) is 0 Å². The Hall–Kier alpha value is -0.850. The summed E-state index contributed by atoms with van der Waals surface area (Å²) in [6, 6.07) is 0.612. The number of carbonyl (C=O) groups excluding carboxylic acids is 1. The molecule has 4 unspecified atom stereocenters. The molecule has 0 radical (unpaired) electrons. The fraction of sp³-hybridized carbons (Fsp3) is 0.895. The fourth-order valence-corrected chi connectivity index (χ4v) is 4.32. The second-order valence-corrected chi connectivity index (χ2v) is 8.11. The highest BCUT2D eigenvalue weighted by Gasteiger charge is 2.29. The van der Waals surface area contributed by atoms with Crippen molar-refractivity contribution in [1.82, 2.24) is 15.1 Å². The third-order valence-corrected chi connectivity index (χ3v) is 6.22. The van der Waals surface area contributed by atoms with Crippen molar-refractivity contribution in [3.63, 3.8) is 0 Å². The van der Waals surface area contributed by atoms with E-state index in [0.29, 0.717) is 30.5 Å². The maximum absolute atomic E-state index is 12.5. The first kappa shape index (κ1) is 23.2. The lowest BCUT2D eigenvalue weighted by atomic mass is 9.78. The largest absolute Gasteiger partial charge is 0.480 e. The molecule has 1 aliphatic carbocycles. The maximum atomic E-state index is 12.5. The fourth-order valence-electron chi connectivity index (χ4n) is 4.32. The summed E-state index contributed by atoms with van der Waals surface area (Å²) in [5, 5.41) is 12.2. The Morgan fingerprint density at radius 3 is 2.54 bits per heavy atom. The molecule has 2 rings (SSSR count). The third kappa shape index (κ3) is 7.05. The number of carboxylic acids is 1. The summed E-state index contributed by atoms with van der Waals surface area (Å²) >= 11 is 0. The van der Waals surface area contributed by atoms with E-state index in [9.17, 15) is 9.59 Å². The molecule has 1 saturated carbocycles. The summed E-state index contributed by atoms with van der Waals surface area (Å²) in [4.78, 5) is 27.5. The first-order valence-electron chi connectivity index (χ1n) is 9.80. The zero-order chi connectivity index (χ0) is 18.4. The van der Waals surface area contributed by atoms with Gasteiger partial charge in [-0.05, 0) is 51.1 Å². The van der Waals surface area contributed by atoms with Crippen LogP contribution < -0.4 is 5.32 Å². The number of carboxylic acid groups (broad SMARTS) is 1. The van der Waals surface area contributed by atoms with Crippen molar-refractivity contribution < 1.29 is 14.7 Å². The zero-order valence-corrected chi connectivity index (χ0v) is 17.3. The van der Waals surface area contributed by atoms with Gasteiger partial charge < -0.3 is 10.4 Å². The number of nitrogens with one attached hydrogen (secondary N) is 1. The van der Waals surface area contributed by atoms with Gasteiger partial charge in [0.25, 0.3) is 0 Å². The van der Waals surface area contributed by atoms with Gasteiger partial charge in [-0.3, -0.25) is 19.4 Å². The molecule has 26 heavy (non-hydrogen) atoms. The summed E-state index contributed by atoms with van der Waals surface area (Å²) < 4.78 is 0. The molecular weight excluding hydrogens is 354 g/mol. The van der Waals surface area contributed by atoms with Crippen LogP contribution in [0, 0.1) is 11.8 Å². The Kier molecular flexibility index (Phi) is 9.90. The number of nitrogens with zero attached hydrogens (tertiary/aromatic N) is 2. The van der Waals surface area contributed by atoms with E-state index in [-0.39, 0.29) is 24.9 Å². The SMILES string of the molecule is CC1CCCC(NC(=O)CN2CCCC(N(C)CC(=O)O)CC2)C1C.Cl. The van der Waals surface area contributed by atoms with Gasteiger partial charge in [0.15, 0.2) is 0 Å². The number of aliphatic carboxylic acids is 1. The minimum Gasteiger partial charge on any atom is -0.480 e. The number of hydrogen-bond donors (Lipinski definition) is 2. The molecule has 7 heteroatoms. The standard InChI is InChI=1S/C19H35N3O3.ClH/c1-14-6-4-8-17(15(14)2)20-18(23)12-22-10-5-7-16(9-11-22)21(3)13-19(24)25;/h14-17H,4-13H2,1-3H3,(H,20,23)(H,24,25);1H. The van der Waals surface area contributed by atoms with Crippen LogP contribution in [0.5, 0.6) is 0 Å². The van der Waals surface area contributed by atoms with E-state index in [1.807, 2.05) is 11.9 Å². The van der Waals surface area contributed by atoms with Crippen LogP contribution >= 0.6 is 12.4 Å². The van der Waals surface area contributed by atoms with E-state index in [4.69, 9.17) is 5.11 Å². The lowest BCUT2D eigenvalue weighted by Gasteiger charge is -2.35. The molecule has 2 N–H and O–H groups in total. The Labute approximate surface area is 164 Å². The molecule has 1 amide bonds. The van der Waals surface area contributed by atoms with Gasteiger partial charge in [-0.25, -0.2) is 0 Å². The molecule has 2 aliphatic rings. The predicted octanol–water partition coefficient (Wildman–Crippen LogP) is 2.22. The van der Waals surface area contributed by atoms with Crippen LogP contribution in [0.3, 0.4) is 0 Å². The Bertz CT molecular complexity index is 463. The quantitative estimate of drug-likeness (QED) is 0.728. The molecule has 152 valence electrons. The summed E-state index contributed by atoms with van der Waals surface area (Å²) in [6.07, 6.45) is 6.51. The van der Waals surface area contributed by atoms with E-state index < -0.39 is 5.97 Å². The highest BCUT2D eigenvalue weighted by Crippen LogP contribution is 2.29. The smallest absolute Gasteiger partial charge is 0.317 e. The van der Waals surface area contributed by atoms with Crippen molar-refractivity contribution in [2.24, 2.45) is 11.8 Å². The van der Waals surface area contributed by atoms with Crippen LogP contribution in [0.15, 0.2) is 0 Å². The summed E-state index contributed by atoms with van der Waals surface area (Å²) in [5.41, 5.74) is 0. The number of rotatable bonds is 6. The van der Waals surface area contributed by atoms with Crippen molar-refractivity contribution in [1.29, 1.82) is 0 Å². The van der Waals surface area contributed by atoms with Gasteiger partial charge in [0.05, 0.1) is 13.1 Å². The van der Waals surface area contributed by atoms with Gasteiger partial charge in [-0.2, -0.15) is 0 Å². The van der Waals surface area contributed by atoms with Crippen molar-refractivity contribution in [3.8, 4) is 0 Å². The maximum Gasteiger partial charge on any atom is 0.317 e. The predicted molar refractivity (Wildman–Crippen MR) is 106 cm³/mol. The van der Waals surface area contributed by atoms with E-state index >= 15 is 0 Å². The lowest BCUT2D eigenvalue weighted by molar-refractivity contribution is -0.138. The molecule has 1 heterocycles. The first-order valence-corrected chi connectivity index (χ1v) is 9.80. The van der Waals surface area contributed by atoms with Crippen molar-refractivity contribution in [2.45, 2.75) is 64.5 Å². The molecule has 1 aliphatic heterocycles. The van der Waals surface area contributed by atoms with E-state index in [1.54, 1.807) is 0 Å². The number of hydrogen-bond acceptors (Lipinski definition) is 4. The molecule has 0 aromatic carbocycles. The van der Waals surface area contributed by atoms with Gasteiger partial charge in [0.2, 0.25) is 5.91 Å². The van der Waals surface area contributed by atoms with E-state index in [0.717, 1.165) is 38.8 Å². The molecule has 4 atom stereocenters. The molecule has 0 spiro atoms. The first-order chi connectivity index (χ1) is 11.9. The number of carbonyl (C=O) groups is 2. The highest BCUT2D eigenvalue weighted by molar-refractivity contribution is 5.85. The number of amides is 1. The third-order valence-electron chi connectivity index (χ3n) is 6.22. The molecule has 6 nitrogen and oxygen atoms in total. The number of halogens is 1. The average Bonchev–Trinajstić information content (AvgIpc) is 2.77. The minimum atomic E-state index is -0.779. The second kappa shape index (κ2) is 11.1. The molecule has 0 aromatic heterocycles. The van der Waals surface area contributed by atoms with Crippen LogP contribution in [0.1, 0.15) is 52.4 Å². The van der Waals surface area contributed by atoms with Crippen LogP contribution in [-0.2, 0) is 9.59 Å². The summed E-state index contributed by atoms with van der Waals surface area (Å²) in [6.45, 7) is 6.87. The van der Waals surface area contributed by atoms with E-state index in [2.05, 4.69) is 24.1 Å². The molecule has 0 bridgehead atoms. The highest BCUT2D eigenvalue weighted by atomic mass is 35.5. The Balaban J connectivity index is 0.00000338. The van der Waals surface area contributed by atoms with Gasteiger partial charge in [-0.1, -0.05) is 26.7 Å². The lowest BCUT2D eigenvalue weighted by Crippen LogP contribution is -2.47. The van der Waals surface area contributed by atoms with Crippen LogP contribution in [0.4, 0.5) is 0 Å². The van der Waals surface area contributed by atoms with E-state index in [1.165, 1.54) is 12.8 Å². The van der Waals surface area contributed by atoms with Crippen LogP contribution in [-0.4, -0.2) is 72.1 Å². The second-order valence-electron chi connectivity index (χ2n) is 8.11. The van der Waals surface area contributed by atoms with Crippen molar-refractivity contribution in [2.75, 3.05) is 33.2 Å². The van der Waals surface area contributed by atoms with Crippen molar-refractivity contribution in [3.05, 3.63) is 0 Å². The molecule has 2 fully saturated rings. The zero-order valence-electron chi connectivity index (χ0n) is 16.4. The monoisotopic (exact) mass is 389 g/mol. The van der Waals surface area contributed by atoms with Crippen molar-refractivity contribution >= 4 is 24.3 Å². The summed E-state index contributed by atoms with van der Waals surface area (Å²) in [5.74, 6) is 0.598. The Morgan fingerprint density at radius 1 is 1.12 bits per heavy atom. The molecular formula is C19H36ClN3O3. The Morgan fingerprint density at radius 2 is 1.85 bits per heavy atom. The average molecular weight is 390 g/mol. The van der Waals surface area contributed by atoms with Gasteiger partial charge >= 0.3 is 5.97 Å². The van der Waals surface area contributed by atoms with Gasteiger partial charge in [0, 0.05) is 18.6 Å². The summed E-state index contributed by atoms with van der Waals surface area (Å²) in [7, 11) is 1.88. The minimum absolute atomic E-state index is 0. The topological polar surface area (TPSA) is 72.9 Å². The van der Waals surface area contributed by atoms with Gasteiger partial charge in [0.1, 0.15) is 0 Å². The number of likely N-dealkylation sites (tertiary alicyclic amines) is 1. The normalized spacial score (nSPS) is 30.3. The molecule has 1 saturated heterocycles. The van der Waals surface area contributed by atoms with Gasteiger partial charge in [-0.15, -0.1) is 12.4 Å². The van der Waals surface area contributed by atoms with Crippen LogP contribution in [0.2, 0.25) is 0 Å². The number of likely N-dealkylation sites (N-methyl/N-ethyl adjacent to an activating group) is 1. The molecule has 0 aromatic rings.